The zero-order valence-electron chi connectivity index (χ0n) is 6.73. The average Bonchev–Trinajstić information content (AvgIpc) is 2.49. The lowest BCUT2D eigenvalue weighted by Gasteiger charge is -2.01. The molecule has 13 heavy (non-hydrogen) atoms. The summed E-state index contributed by atoms with van der Waals surface area (Å²) in [5, 5.41) is 27.8. The predicted octanol–water partition coefficient (Wildman–Crippen LogP) is 0.857. The second-order valence-corrected chi connectivity index (χ2v) is 2.82. The van der Waals surface area contributed by atoms with Gasteiger partial charge in [0.15, 0.2) is 6.29 Å². The molecule has 0 radical (unpaired) electrons. The van der Waals surface area contributed by atoms with Gasteiger partial charge in [0, 0.05) is 22.7 Å². The van der Waals surface area contributed by atoms with E-state index < -0.39 is 6.29 Å². The first-order chi connectivity index (χ1) is 6.20. The van der Waals surface area contributed by atoms with E-state index in [0.717, 1.165) is 0 Å². The van der Waals surface area contributed by atoms with Crippen LogP contribution >= 0.6 is 0 Å². The highest BCUT2D eigenvalue weighted by Crippen LogP contribution is 2.30. The summed E-state index contributed by atoms with van der Waals surface area (Å²) in [7, 11) is 0. The van der Waals surface area contributed by atoms with Crippen molar-refractivity contribution in [1.29, 1.82) is 0 Å². The van der Waals surface area contributed by atoms with Crippen molar-refractivity contribution in [2.45, 2.75) is 6.29 Å². The lowest BCUT2D eigenvalue weighted by Crippen LogP contribution is -1.92. The number of phenolic OH excluding ortho intramolecular Hbond substituents is 1. The summed E-state index contributed by atoms with van der Waals surface area (Å²) in [6, 6.07) is 4.94. The Morgan fingerprint density at radius 2 is 2.00 bits per heavy atom. The molecule has 1 heterocycles. The van der Waals surface area contributed by atoms with Crippen molar-refractivity contribution in [3.8, 4) is 5.75 Å². The number of phenols is 1. The molecule has 0 spiro atoms. The molecule has 0 unspecified atom stereocenters. The first-order valence-corrected chi connectivity index (χ1v) is 3.85. The van der Waals surface area contributed by atoms with Crippen LogP contribution in [0.15, 0.2) is 24.4 Å². The van der Waals surface area contributed by atoms with Crippen molar-refractivity contribution in [2.24, 2.45) is 0 Å². The fourth-order valence-electron chi connectivity index (χ4n) is 1.40. The highest BCUT2D eigenvalue weighted by Gasteiger charge is 2.12. The summed E-state index contributed by atoms with van der Waals surface area (Å²) >= 11 is 0. The lowest BCUT2D eigenvalue weighted by atomic mass is 10.1. The third-order valence-electron chi connectivity index (χ3n) is 1.99. The highest BCUT2D eigenvalue weighted by molar-refractivity contribution is 5.89. The Hall–Kier alpha value is -1.52. The van der Waals surface area contributed by atoms with E-state index in [1.54, 1.807) is 12.1 Å². The molecular formula is C9H9NO3. The van der Waals surface area contributed by atoms with Gasteiger partial charge in [-0.1, -0.05) is 6.07 Å². The largest absolute Gasteiger partial charge is 0.507 e. The van der Waals surface area contributed by atoms with Crippen LogP contribution < -0.4 is 0 Å². The number of nitrogens with one attached hydrogen (secondary N) is 1. The summed E-state index contributed by atoms with van der Waals surface area (Å²) in [6.07, 6.45) is -0.100. The third-order valence-corrected chi connectivity index (χ3v) is 1.99. The van der Waals surface area contributed by atoms with Gasteiger partial charge in [-0.3, -0.25) is 0 Å². The van der Waals surface area contributed by atoms with Gasteiger partial charge in [0.25, 0.3) is 0 Å². The topological polar surface area (TPSA) is 76.5 Å². The molecule has 0 aliphatic rings. The molecule has 0 aliphatic heterocycles. The molecule has 1 aromatic carbocycles. The van der Waals surface area contributed by atoms with Crippen LogP contribution in [0.3, 0.4) is 0 Å². The van der Waals surface area contributed by atoms with Crippen LogP contribution in [0.2, 0.25) is 0 Å². The Morgan fingerprint density at radius 1 is 1.23 bits per heavy atom. The van der Waals surface area contributed by atoms with Crippen LogP contribution in [-0.2, 0) is 0 Å². The summed E-state index contributed by atoms with van der Waals surface area (Å²) in [5.74, 6) is 0.0434. The van der Waals surface area contributed by atoms with E-state index in [1.165, 1.54) is 12.3 Å². The van der Waals surface area contributed by atoms with Gasteiger partial charge in [0.1, 0.15) is 5.75 Å². The quantitative estimate of drug-likeness (QED) is 0.490. The van der Waals surface area contributed by atoms with Gasteiger partial charge in [0.2, 0.25) is 0 Å². The predicted molar refractivity (Wildman–Crippen MR) is 47.1 cm³/mol. The molecule has 4 N–H and O–H groups in total. The van der Waals surface area contributed by atoms with Gasteiger partial charge in [-0.25, -0.2) is 0 Å². The normalized spacial score (nSPS) is 11.3. The Kier molecular flexibility index (Phi) is 1.72. The molecule has 4 heteroatoms. The molecule has 0 fully saturated rings. The Morgan fingerprint density at radius 3 is 2.69 bits per heavy atom. The van der Waals surface area contributed by atoms with Crippen LogP contribution in [0.1, 0.15) is 11.9 Å². The number of aromatic amines is 1. The molecule has 0 amide bonds. The molecular weight excluding hydrogens is 170 g/mol. The molecule has 0 saturated heterocycles. The number of hydrogen-bond acceptors (Lipinski definition) is 3. The van der Waals surface area contributed by atoms with Crippen molar-refractivity contribution >= 4 is 10.9 Å². The van der Waals surface area contributed by atoms with Crippen LogP contribution in [0.25, 0.3) is 10.9 Å². The number of aromatic hydroxyl groups is 1. The maximum atomic E-state index is 9.45. The number of fused-ring (bicyclic) bond motifs is 1. The van der Waals surface area contributed by atoms with Gasteiger partial charge in [-0.15, -0.1) is 0 Å². The molecule has 2 rings (SSSR count). The summed E-state index contributed by atoms with van der Waals surface area (Å²) in [5.41, 5.74) is 0.969. The maximum Gasteiger partial charge on any atom is 0.180 e. The first-order valence-electron chi connectivity index (χ1n) is 3.85. The number of aliphatic hydroxyl groups excluding tert-OH is 1. The minimum Gasteiger partial charge on any atom is -0.507 e. The van der Waals surface area contributed by atoms with Gasteiger partial charge in [0.05, 0.1) is 0 Å². The molecule has 0 atom stereocenters. The zero-order chi connectivity index (χ0) is 9.42. The molecule has 0 saturated carbocycles. The van der Waals surface area contributed by atoms with Crippen molar-refractivity contribution in [3.05, 3.63) is 30.0 Å². The number of aromatic nitrogens is 1. The molecule has 68 valence electrons. The van der Waals surface area contributed by atoms with Crippen LogP contribution in [0, 0.1) is 0 Å². The number of hydrogen-bond donors (Lipinski definition) is 4. The van der Waals surface area contributed by atoms with E-state index >= 15 is 0 Å². The number of rotatable bonds is 1. The van der Waals surface area contributed by atoms with E-state index in [0.29, 0.717) is 10.9 Å². The van der Waals surface area contributed by atoms with Crippen molar-refractivity contribution in [3.63, 3.8) is 0 Å². The van der Waals surface area contributed by atoms with Crippen molar-refractivity contribution in [1.82, 2.24) is 4.98 Å². The van der Waals surface area contributed by atoms with E-state index in [2.05, 4.69) is 4.98 Å². The van der Waals surface area contributed by atoms with Gasteiger partial charge in [-0.05, 0) is 12.1 Å². The Balaban J connectivity index is 2.79. The highest BCUT2D eigenvalue weighted by atomic mass is 16.5. The molecule has 0 aliphatic carbocycles. The summed E-state index contributed by atoms with van der Waals surface area (Å²) < 4.78 is 0. The molecule has 0 bridgehead atoms. The molecule has 2 aromatic rings. The lowest BCUT2D eigenvalue weighted by molar-refractivity contribution is -0.0413. The SMILES string of the molecule is Oc1cccc2[nH]cc(C(O)O)c12. The monoisotopic (exact) mass is 179 g/mol. The second kappa shape index (κ2) is 2.76. The fourth-order valence-corrected chi connectivity index (χ4v) is 1.40. The standard InChI is InChI=1S/C9H9NO3/c11-7-3-1-2-6-8(7)5(4-10-6)9(12)13/h1-4,9-13H. The summed E-state index contributed by atoms with van der Waals surface area (Å²) in [4.78, 5) is 2.83. The Bertz CT molecular complexity index is 433. The smallest absolute Gasteiger partial charge is 0.180 e. The van der Waals surface area contributed by atoms with E-state index in [9.17, 15) is 5.11 Å². The van der Waals surface area contributed by atoms with E-state index in [-0.39, 0.29) is 11.3 Å². The third kappa shape index (κ3) is 1.16. The van der Waals surface area contributed by atoms with Gasteiger partial charge in [-0.2, -0.15) is 0 Å². The number of benzene rings is 1. The van der Waals surface area contributed by atoms with E-state index in [4.69, 9.17) is 10.2 Å². The minimum atomic E-state index is -1.57. The molecule has 4 nitrogen and oxygen atoms in total. The van der Waals surface area contributed by atoms with Crippen LogP contribution in [0.5, 0.6) is 5.75 Å². The average molecular weight is 179 g/mol. The number of H-pyrrole nitrogens is 1. The summed E-state index contributed by atoms with van der Waals surface area (Å²) in [6.45, 7) is 0. The zero-order valence-corrected chi connectivity index (χ0v) is 6.73. The second-order valence-electron chi connectivity index (χ2n) is 2.82. The van der Waals surface area contributed by atoms with Gasteiger partial charge >= 0.3 is 0 Å². The molecule has 1 aromatic heterocycles. The van der Waals surface area contributed by atoms with Crippen LogP contribution in [-0.4, -0.2) is 20.3 Å². The van der Waals surface area contributed by atoms with E-state index in [1.807, 2.05) is 0 Å². The minimum absolute atomic E-state index is 0.0434. The van der Waals surface area contributed by atoms with Crippen molar-refractivity contribution in [2.75, 3.05) is 0 Å². The number of aliphatic hydroxyl groups is 2. The maximum absolute atomic E-state index is 9.45. The van der Waals surface area contributed by atoms with Crippen molar-refractivity contribution < 1.29 is 15.3 Å². The van der Waals surface area contributed by atoms with Gasteiger partial charge < -0.3 is 20.3 Å². The van der Waals surface area contributed by atoms with Crippen LogP contribution in [0.4, 0.5) is 0 Å². The fraction of sp³-hybridized carbons (Fsp3) is 0.111. The first kappa shape index (κ1) is 8.10. The Labute approximate surface area is 74.1 Å².